The van der Waals surface area contributed by atoms with Gasteiger partial charge in [0.25, 0.3) is 6.01 Å². The van der Waals surface area contributed by atoms with Gasteiger partial charge >= 0.3 is 0 Å². The third-order valence-corrected chi connectivity index (χ3v) is 3.47. The van der Waals surface area contributed by atoms with E-state index in [1.807, 2.05) is 6.07 Å². The Balaban J connectivity index is 1.56. The quantitative estimate of drug-likeness (QED) is 0.717. The Morgan fingerprint density at radius 2 is 2.00 bits per heavy atom. The van der Waals surface area contributed by atoms with Gasteiger partial charge in [-0.15, -0.1) is 0 Å². The lowest BCUT2D eigenvalue weighted by atomic mass is 10.1. The number of oxazole rings is 1. The monoisotopic (exact) mass is 275 g/mol. The fourth-order valence-corrected chi connectivity index (χ4v) is 2.36. The van der Waals surface area contributed by atoms with Crippen molar-refractivity contribution in [2.24, 2.45) is 0 Å². The Bertz CT molecular complexity index is 717. The molecule has 96 valence electrons. The molecule has 3 aromatic rings. The summed E-state index contributed by atoms with van der Waals surface area (Å²) in [5.74, 6) is 0. The molecule has 0 saturated carbocycles. The molecule has 1 aliphatic heterocycles. The van der Waals surface area contributed by atoms with Crippen LogP contribution >= 0.6 is 11.6 Å². The van der Waals surface area contributed by atoms with Gasteiger partial charge < -0.3 is 9.32 Å². The molecule has 0 spiro atoms. The van der Waals surface area contributed by atoms with Crippen molar-refractivity contribution in [2.75, 3.05) is 18.0 Å². The van der Waals surface area contributed by atoms with Crippen molar-refractivity contribution < 1.29 is 4.42 Å². The summed E-state index contributed by atoms with van der Waals surface area (Å²) in [5, 5.41) is 8.92. The molecule has 0 unspecified atom stereocenters. The molecule has 0 amide bonds. The van der Waals surface area contributed by atoms with E-state index in [4.69, 9.17) is 16.0 Å². The minimum Gasteiger partial charge on any atom is -0.423 e. The van der Waals surface area contributed by atoms with Crippen molar-refractivity contribution in [3.05, 3.63) is 35.6 Å². The average Bonchev–Trinajstić information content (AvgIpc) is 2.95. The minimum atomic E-state index is 0.286. The van der Waals surface area contributed by atoms with Gasteiger partial charge in [0.1, 0.15) is 11.6 Å². The van der Waals surface area contributed by atoms with E-state index in [0.717, 1.165) is 24.2 Å². The van der Waals surface area contributed by atoms with E-state index < -0.39 is 0 Å². The number of halogens is 1. The molecule has 2 aromatic heterocycles. The summed E-state index contributed by atoms with van der Waals surface area (Å²) >= 11 is 5.93. The van der Waals surface area contributed by atoms with Crippen LogP contribution in [-0.2, 0) is 0 Å². The maximum atomic E-state index is 5.93. The van der Waals surface area contributed by atoms with Gasteiger partial charge in [-0.3, -0.25) is 0 Å². The maximum absolute atomic E-state index is 5.93. The number of hydrogen-bond donors (Lipinski definition) is 0. The summed E-state index contributed by atoms with van der Waals surface area (Å²) in [7, 11) is 0. The zero-order valence-electron chi connectivity index (χ0n) is 9.90. The molecule has 0 bridgehead atoms. The van der Waals surface area contributed by atoms with E-state index >= 15 is 0 Å². The Hall–Kier alpha value is -2.08. The molecule has 1 aliphatic rings. The van der Waals surface area contributed by atoms with Crippen molar-refractivity contribution >= 4 is 28.7 Å². The van der Waals surface area contributed by atoms with Crippen LogP contribution < -0.4 is 4.90 Å². The van der Waals surface area contributed by atoms with Gasteiger partial charge in [-0.1, -0.05) is 11.6 Å². The number of rotatable bonds is 2. The maximum Gasteiger partial charge on any atom is 0.298 e. The number of nitrogens with zero attached hydrogens (tertiary/aromatic N) is 5. The van der Waals surface area contributed by atoms with Crippen molar-refractivity contribution in [2.45, 2.75) is 6.04 Å². The molecule has 7 heteroatoms. The first-order valence-electron chi connectivity index (χ1n) is 5.96. The van der Waals surface area contributed by atoms with Gasteiger partial charge in [-0.25, -0.2) is 0 Å². The predicted molar refractivity (Wildman–Crippen MR) is 70.3 cm³/mol. The summed E-state index contributed by atoms with van der Waals surface area (Å²) in [6.07, 6.45) is 3.37. The largest absolute Gasteiger partial charge is 0.423 e. The van der Waals surface area contributed by atoms with Crippen molar-refractivity contribution in [1.29, 1.82) is 0 Å². The Morgan fingerprint density at radius 1 is 1.21 bits per heavy atom. The third-order valence-electron chi connectivity index (χ3n) is 3.23. The lowest BCUT2D eigenvalue weighted by molar-refractivity contribution is 0.317. The molecule has 6 nitrogen and oxygen atoms in total. The number of aromatic nitrogens is 4. The molecule has 4 rings (SSSR count). The van der Waals surface area contributed by atoms with Crippen LogP contribution in [0.2, 0.25) is 5.02 Å². The zero-order valence-corrected chi connectivity index (χ0v) is 10.7. The Kier molecular flexibility index (Phi) is 2.25. The third kappa shape index (κ3) is 1.76. The van der Waals surface area contributed by atoms with E-state index in [9.17, 15) is 0 Å². The first-order chi connectivity index (χ1) is 9.29. The number of benzene rings is 1. The van der Waals surface area contributed by atoms with Crippen LogP contribution in [0.15, 0.2) is 35.0 Å². The van der Waals surface area contributed by atoms with Gasteiger partial charge in [0.05, 0.1) is 12.4 Å². The summed E-state index contributed by atoms with van der Waals surface area (Å²) < 4.78 is 5.70. The topological polar surface area (TPSA) is 60.0 Å². The van der Waals surface area contributed by atoms with Gasteiger partial charge in [0, 0.05) is 18.1 Å². The van der Waals surface area contributed by atoms with Gasteiger partial charge in [0.15, 0.2) is 5.58 Å². The van der Waals surface area contributed by atoms with E-state index in [-0.39, 0.29) is 6.04 Å². The van der Waals surface area contributed by atoms with Gasteiger partial charge in [-0.2, -0.15) is 20.0 Å². The van der Waals surface area contributed by atoms with Crippen molar-refractivity contribution in [1.82, 2.24) is 20.0 Å². The van der Waals surface area contributed by atoms with Gasteiger partial charge in [0.2, 0.25) is 0 Å². The fourth-order valence-electron chi connectivity index (χ4n) is 2.20. The zero-order chi connectivity index (χ0) is 12.8. The molecule has 3 heterocycles. The van der Waals surface area contributed by atoms with E-state index in [1.54, 1.807) is 29.3 Å². The summed E-state index contributed by atoms with van der Waals surface area (Å²) in [5.41, 5.74) is 1.53. The lowest BCUT2D eigenvalue weighted by Gasteiger charge is -2.36. The van der Waals surface area contributed by atoms with Crippen LogP contribution in [0.25, 0.3) is 11.1 Å². The lowest BCUT2D eigenvalue weighted by Crippen LogP contribution is -2.48. The normalized spacial score (nSPS) is 15.9. The van der Waals surface area contributed by atoms with E-state index in [0.29, 0.717) is 11.0 Å². The van der Waals surface area contributed by atoms with Crippen LogP contribution in [0, 0.1) is 0 Å². The first kappa shape index (κ1) is 10.8. The number of hydrogen-bond acceptors (Lipinski definition) is 5. The highest BCUT2D eigenvalue weighted by Gasteiger charge is 2.32. The standard InChI is InChI=1S/C12H10ClN5O/c13-8-1-2-11-10(5-8)16-12(19-11)17-6-9(7-17)18-14-3-4-15-18/h1-5,9H,6-7H2. The molecule has 0 atom stereocenters. The van der Waals surface area contributed by atoms with Crippen molar-refractivity contribution in [3.8, 4) is 0 Å². The highest BCUT2D eigenvalue weighted by Crippen LogP contribution is 2.30. The second-order valence-electron chi connectivity index (χ2n) is 4.52. The molecule has 1 saturated heterocycles. The smallest absolute Gasteiger partial charge is 0.298 e. The van der Waals surface area contributed by atoms with Crippen LogP contribution in [0.5, 0.6) is 0 Å². The predicted octanol–water partition coefficient (Wildman–Crippen LogP) is 2.13. The molecule has 19 heavy (non-hydrogen) atoms. The second kappa shape index (κ2) is 3.96. The molecular weight excluding hydrogens is 266 g/mol. The van der Waals surface area contributed by atoms with Crippen LogP contribution in [0.1, 0.15) is 6.04 Å². The number of anilines is 1. The second-order valence-corrected chi connectivity index (χ2v) is 4.95. The number of fused-ring (bicyclic) bond motifs is 1. The molecule has 0 radical (unpaired) electrons. The van der Waals surface area contributed by atoms with E-state index in [2.05, 4.69) is 20.1 Å². The van der Waals surface area contributed by atoms with E-state index in [1.165, 1.54) is 0 Å². The minimum absolute atomic E-state index is 0.286. The fraction of sp³-hybridized carbons (Fsp3) is 0.250. The van der Waals surface area contributed by atoms with Crippen LogP contribution in [0.4, 0.5) is 6.01 Å². The highest BCUT2D eigenvalue weighted by atomic mass is 35.5. The highest BCUT2D eigenvalue weighted by molar-refractivity contribution is 6.31. The molecular formula is C12H10ClN5O. The summed E-state index contributed by atoms with van der Waals surface area (Å²) in [6.45, 7) is 1.60. The van der Waals surface area contributed by atoms with Gasteiger partial charge in [-0.05, 0) is 18.2 Å². The van der Waals surface area contributed by atoms with Crippen LogP contribution in [-0.4, -0.2) is 33.1 Å². The molecule has 1 aromatic carbocycles. The summed E-state index contributed by atoms with van der Waals surface area (Å²) in [6, 6.07) is 6.34. The SMILES string of the molecule is Clc1ccc2oc(N3CC(n4nccn4)C3)nc2c1. The molecule has 0 aliphatic carbocycles. The summed E-state index contributed by atoms with van der Waals surface area (Å²) in [4.78, 5) is 8.21. The first-order valence-corrected chi connectivity index (χ1v) is 6.34. The average molecular weight is 276 g/mol. The molecule has 0 N–H and O–H groups in total. The molecule has 1 fully saturated rings. The van der Waals surface area contributed by atoms with Crippen LogP contribution in [0.3, 0.4) is 0 Å². The Labute approximate surface area is 113 Å². The Morgan fingerprint density at radius 3 is 2.79 bits per heavy atom. The van der Waals surface area contributed by atoms with Crippen molar-refractivity contribution in [3.63, 3.8) is 0 Å².